The highest BCUT2D eigenvalue weighted by molar-refractivity contribution is 5.74. The van der Waals surface area contributed by atoms with E-state index in [1.54, 1.807) is 4.68 Å². The molecular weight excluding hydrogens is 332 g/mol. The summed E-state index contributed by atoms with van der Waals surface area (Å²) in [4.78, 5) is 23.1. The topological polar surface area (TPSA) is 96.3 Å². The van der Waals surface area contributed by atoms with Crippen molar-refractivity contribution in [3.05, 3.63) is 42.1 Å². The largest absolute Gasteiger partial charge is 0.481 e. The van der Waals surface area contributed by atoms with E-state index in [2.05, 4.69) is 15.7 Å². The molecule has 0 radical (unpaired) electrons. The van der Waals surface area contributed by atoms with Gasteiger partial charge in [-0.15, -0.1) is 0 Å². The number of aryl methyl sites for hydroxylation is 1. The summed E-state index contributed by atoms with van der Waals surface area (Å²) in [6.45, 7) is 0.382. The second-order valence-electron chi connectivity index (χ2n) is 6.72. The molecule has 2 amide bonds. The van der Waals surface area contributed by atoms with Gasteiger partial charge in [-0.3, -0.25) is 9.48 Å². The van der Waals surface area contributed by atoms with Crippen molar-refractivity contribution in [3.8, 4) is 11.3 Å². The molecule has 7 nitrogen and oxygen atoms in total. The second-order valence-corrected chi connectivity index (χ2v) is 6.72. The SMILES string of the molecule is Cn1nc(-c2ccccc2)cc1CNC(=O)NC1CCC(C(=O)O)CC1. The molecule has 0 unspecified atom stereocenters. The zero-order valence-corrected chi connectivity index (χ0v) is 14.8. The van der Waals surface area contributed by atoms with E-state index in [0.717, 1.165) is 17.0 Å². The van der Waals surface area contributed by atoms with E-state index >= 15 is 0 Å². The van der Waals surface area contributed by atoms with Gasteiger partial charge in [0.25, 0.3) is 0 Å². The number of aliphatic carboxylic acids is 1. The molecule has 3 N–H and O–H groups in total. The smallest absolute Gasteiger partial charge is 0.315 e. The predicted octanol–water partition coefficient (Wildman–Crippen LogP) is 2.53. The summed E-state index contributed by atoms with van der Waals surface area (Å²) in [7, 11) is 1.86. The van der Waals surface area contributed by atoms with E-state index < -0.39 is 5.97 Å². The van der Waals surface area contributed by atoms with Gasteiger partial charge in [-0.25, -0.2) is 4.79 Å². The van der Waals surface area contributed by atoms with Gasteiger partial charge in [0, 0.05) is 18.7 Å². The number of nitrogens with one attached hydrogen (secondary N) is 2. The lowest BCUT2D eigenvalue weighted by Crippen LogP contribution is -2.44. The van der Waals surface area contributed by atoms with Gasteiger partial charge in [0.2, 0.25) is 0 Å². The fraction of sp³-hybridized carbons (Fsp3) is 0.421. The third-order valence-electron chi connectivity index (χ3n) is 4.89. The standard InChI is InChI=1S/C19H24N4O3/c1-23-16(11-17(22-23)13-5-3-2-4-6-13)12-20-19(26)21-15-9-7-14(8-10-15)18(24)25/h2-6,11,14-15H,7-10,12H2,1H3,(H,24,25)(H2,20,21,26). The maximum absolute atomic E-state index is 12.1. The van der Waals surface area contributed by atoms with E-state index in [9.17, 15) is 9.59 Å². The Hall–Kier alpha value is -2.83. The van der Waals surface area contributed by atoms with Gasteiger partial charge < -0.3 is 15.7 Å². The highest BCUT2D eigenvalue weighted by Crippen LogP contribution is 2.24. The number of hydrogen-bond donors (Lipinski definition) is 3. The summed E-state index contributed by atoms with van der Waals surface area (Å²) in [5, 5.41) is 19.3. The first-order chi connectivity index (χ1) is 12.5. The molecule has 0 saturated heterocycles. The molecule has 1 fully saturated rings. The summed E-state index contributed by atoms with van der Waals surface area (Å²) in [5.74, 6) is -1.01. The van der Waals surface area contributed by atoms with Crippen LogP contribution in [0.5, 0.6) is 0 Å². The number of nitrogens with zero attached hydrogens (tertiary/aromatic N) is 2. The summed E-state index contributed by atoms with van der Waals surface area (Å²) < 4.78 is 1.76. The van der Waals surface area contributed by atoms with Gasteiger partial charge in [0.05, 0.1) is 23.9 Å². The van der Waals surface area contributed by atoms with Crippen LogP contribution in [0.2, 0.25) is 0 Å². The summed E-state index contributed by atoms with van der Waals surface area (Å²) >= 11 is 0. The van der Waals surface area contributed by atoms with Crippen molar-refractivity contribution in [2.45, 2.75) is 38.3 Å². The molecule has 2 aromatic rings. The lowest BCUT2D eigenvalue weighted by molar-refractivity contribution is -0.142. The van der Waals surface area contributed by atoms with Crippen molar-refractivity contribution in [2.24, 2.45) is 13.0 Å². The molecule has 1 aliphatic carbocycles. The number of carbonyl (C=O) groups is 2. The Morgan fingerprint density at radius 1 is 1.19 bits per heavy atom. The quantitative estimate of drug-likeness (QED) is 0.767. The molecule has 1 aromatic heterocycles. The van der Waals surface area contributed by atoms with Crippen LogP contribution in [0.4, 0.5) is 4.79 Å². The Morgan fingerprint density at radius 2 is 1.88 bits per heavy atom. The van der Waals surface area contributed by atoms with Crippen LogP contribution in [0.1, 0.15) is 31.4 Å². The average Bonchev–Trinajstić information content (AvgIpc) is 3.02. The van der Waals surface area contributed by atoms with Crippen LogP contribution in [0, 0.1) is 5.92 Å². The fourth-order valence-corrected chi connectivity index (χ4v) is 3.31. The molecule has 3 rings (SSSR count). The van der Waals surface area contributed by atoms with Crippen molar-refractivity contribution >= 4 is 12.0 Å². The van der Waals surface area contributed by atoms with E-state index in [1.165, 1.54) is 0 Å². The molecule has 7 heteroatoms. The van der Waals surface area contributed by atoms with Gasteiger partial charge in [-0.05, 0) is 31.7 Å². The molecule has 138 valence electrons. The number of rotatable bonds is 5. The average molecular weight is 356 g/mol. The zero-order chi connectivity index (χ0) is 18.5. The van der Waals surface area contributed by atoms with Crippen molar-refractivity contribution in [3.63, 3.8) is 0 Å². The summed E-state index contributed by atoms with van der Waals surface area (Å²) in [6, 6.07) is 11.7. The highest BCUT2D eigenvalue weighted by Gasteiger charge is 2.26. The maximum atomic E-state index is 12.1. The van der Waals surface area contributed by atoms with Crippen molar-refractivity contribution in [1.29, 1.82) is 0 Å². The molecule has 1 saturated carbocycles. The Bertz CT molecular complexity index is 764. The fourth-order valence-electron chi connectivity index (χ4n) is 3.31. The molecule has 1 heterocycles. The third kappa shape index (κ3) is 4.41. The second kappa shape index (κ2) is 8.03. The third-order valence-corrected chi connectivity index (χ3v) is 4.89. The van der Waals surface area contributed by atoms with Gasteiger partial charge in [0.15, 0.2) is 0 Å². The molecule has 0 aliphatic heterocycles. The van der Waals surface area contributed by atoms with Crippen LogP contribution in [-0.4, -0.2) is 32.9 Å². The van der Waals surface area contributed by atoms with Gasteiger partial charge in [0.1, 0.15) is 0 Å². The number of urea groups is 1. The molecule has 1 aromatic carbocycles. The highest BCUT2D eigenvalue weighted by atomic mass is 16.4. The Kier molecular flexibility index (Phi) is 5.55. The maximum Gasteiger partial charge on any atom is 0.315 e. The van der Waals surface area contributed by atoms with E-state index in [1.807, 2.05) is 43.4 Å². The van der Waals surface area contributed by atoms with Crippen molar-refractivity contribution in [2.75, 3.05) is 0 Å². The molecular formula is C19H24N4O3. The lowest BCUT2D eigenvalue weighted by atomic mass is 9.86. The van der Waals surface area contributed by atoms with Crippen LogP contribution in [0.25, 0.3) is 11.3 Å². The number of benzene rings is 1. The van der Waals surface area contributed by atoms with Crippen molar-refractivity contribution < 1.29 is 14.7 Å². The predicted molar refractivity (Wildman–Crippen MR) is 97.4 cm³/mol. The first kappa shape index (κ1) is 18.0. The Labute approximate surface area is 152 Å². The summed E-state index contributed by atoms with van der Waals surface area (Å²) in [5.41, 5.74) is 2.82. The monoisotopic (exact) mass is 356 g/mol. The van der Waals surface area contributed by atoms with E-state index in [-0.39, 0.29) is 18.0 Å². The van der Waals surface area contributed by atoms with Crippen LogP contribution < -0.4 is 10.6 Å². The van der Waals surface area contributed by atoms with Gasteiger partial charge in [-0.1, -0.05) is 30.3 Å². The number of carboxylic acids is 1. The Morgan fingerprint density at radius 3 is 2.54 bits per heavy atom. The van der Waals surface area contributed by atoms with Crippen LogP contribution in [-0.2, 0) is 18.4 Å². The van der Waals surface area contributed by atoms with E-state index in [4.69, 9.17) is 5.11 Å². The lowest BCUT2D eigenvalue weighted by Gasteiger charge is -2.26. The number of hydrogen-bond acceptors (Lipinski definition) is 3. The minimum Gasteiger partial charge on any atom is -0.481 e. The summed E-state index contributed by atoms with van der Waals surface area (Å²) in [6.07, 6.45) is 2.63. The van der Waals surface area contributed by atoms with Crippen LogP contribution in [0.15, 0.2) is 36.4 Å². The van der Waals surface area contributed by atoms with Crippen LogP contribution in [0.3, 0.4) is 0 Å². The minimum atomic E-state index is -0.738. The Balaban J connectivity index is 1.49. The number of carboxylic acid groups (broad SMARTS) is 1. The molecule has 0 spiro atoms. The first-order valence-corrected chi connectivity index (χ1v) is 8.88. The zero-order valence-electron chi connectivity index (χ0n) is 14.8. The molecule has 0 bridgehead atoms. The van der Waals surface area contributed by atoms with Crippen LogP contribution >= 0.6 is 0 Å². The number of aromatic nitrogens is 2. The van der Waals surface area contributed by atoms with Gasteiger partial charge >= 0.3 is 12.0 Å². The number of carbonyl (C=O) groups excluding carboxylic acids is 1. The first-order valence-electron chi connectivity index (χ1n) is 8.88. The van der Waals surface area contributed by atoms with E-state index in [0.29, 0.717) is 32.2 Å². The normalized spacial score (nSPS) is 19.7. The molecule has 26 heavy (non-hydrogen) atoms. The molecule has 1 aliphatic rings. The van der Waals surface area contributed by atoms with Gasteiger partial charge in [-0.2, -0.15) is 5.10 Å². The number of amides is 2. The minimum absolute atomic E-state index is 0.0389. The molecule has 0 atom stereocenters. The van der Waals surface area contributed by atoms with Crippen molar-refractivity contribution in [1.82, 2.24) is 20.4 Å².